The Balaban J connectivity index is 2.20. The minimum absolute atomic E-state index is 0.0371. The number of hydrogen-bond acceptors (Lipinski definition) is 6. The molecular formula is C19H29ClINO6. The van der Waals surface area contributed by atoms with Gasteiger partial charge in [0, 0.05) is 17.5 Å². The van der Waals surface area contributed by atoms with Crippen LogP contribution in [0.4, 0.5) is 4.79 Å². The highest BCUT2D eigenvalue weighted by atomic mass is 127. The topological polar surface area (TPSA) is 97.4 Å². The third kappa shape index (κ3) is 5.19. The molecule has 2 rings (SSSR count). The second-order valence-corrected chi connectivity index (χ2v) is 8.92. The summed E-state index contributed by atoms with van der Waals surface area (Å²) in [5.74, 6) is -1.34. The van der Waals surface area contributed by atoms with E-state index in [0.29, 0.717) is 17.3 Å². The smallest absolute Gasteiger partial charge is 0.414 e. The van der Waals surface area contributed by atoms with Gasteiger partial charge in [0.05, 0.1) is 11.7 Å². The van der Waals surface area contributed by atoms with Gasteiger partial charge in [-0.2, -0.15) is 0 Å². The van der Waals surface area contributed by atoms with Crippen molar-refractivity contribution in [1.29, 1.82) is 0 Å². The van der Waals surface area contributed by atoms with Crippen LogP contribution >= 0.6 is 34.2 Å². The minimum Gasteiger partial charge on any atom is -0.443 e. The molecule has 2 N–H and O–H groups in total. The van der Waals surface area contributed by atoms with E-state index in [2.05, 4.69) is 34.0 Å². The molecule has 0 aromatic carbocycles. The molecule has 7 nitrogen and oxygen atoms in total. The Morgan fingerprint density at radius 3 is 2.64 bits per heavy atom. The molecule has 1 saturated carbocycles. The van der Waals surface area contributed by atoms with Gasteiger partial charge in [0.2, 0.25) is 5.91 Å². The van der Waals surface area contributed by atoms with Crippen LogP contribution < -0.4 is 5.32 Å². The Labute approximate surface area is 184 Å². The van der Waals surface area contributed by atoms with Crippen LogP contribution in [0.5, 0.6) is 0 Å². The zero-order chi connectivity index (χ0) is 21.1. The molecular weight excluding hydrogens is 501 g/mol. The lowest BCUT2D eigenvalue weighted by molar-refractivity contribution is -0.169. The molecule has 1 aliphatic heterocycles. The SMILES string of the molecule is COC1C(OC(=O)NC(=O)CCl)CCC(O)(CI)C1C1(C)OC1CC=C(C)C. The lowest BCUT2D eigenvalue weighted by Crippen LogP contribution is -2.61. The number of epoxide rings is 1. The summed E-state index contributed by atoms with van der Waals surface area (Å²) < 4.78 is 17.7. The van der Waals surface area contributed by atoms with Crippen LogP contribution in [0.15, 0.2) is 11.6 Å². The monoisotopic (exact) mass is 529 g/mol. The quantitative estimate of drug-likeness (QED) is 0.228. The van der Waals surface area contributed by atoms with Crippen molar-refractivity contribution in [2.45, 2.75) is 69.5 Å². The number of alkyl carbamates (subject to hydrolysis) is 1. The number of carbonyl (C=O) groups is 2. The molecule has 0 aromatic rings. The van der Waals surface area contributed by atoms with Crippen molar-refractivity contribution < 1.29 is 28.9 Å². The number of hydrogen-bond donors (Lipinski definition) is 2. The number of rotatable bonds is 7. The molecule has 2 fully saturated rings. The van der Waals surface area contributed by atoms with E-state index < -0.39 is 35.4 Å². The molecule has 28 heavy (non-hydrogen) atoms. The van der Waals surface area contributed by atoms with Gasteiger partial charge in [-0.1, -0.05) is 34.2 Å². The van der Waals surface area contributed by atoms with Gasteiger partial charge in [-0.05, 0) is 40.0 Å². The maximum Gasteiger partial charge on any atom is 0.414 e. The molecule has 1 saturated heterocycles. The second kappa shape index (κ2) is 9.59. The zero-order valence-corrected chi connectivity index (χ0v) is 19.6. The summed E-state index contributed by atoms with van der Waals surface area (Å²) in [6.07, 6.45) is 1.66. The number of carbonyl (C=O) groups excluding carboxylic acids is 2. The number of imide groups is 1. The van der Waals surface area contributed by atoms with Crippen molar-refractivity contribution in [1.82, 2.24) is 5.32 Å². The fourth-order valence-corrected chi connectivity index (χ4v) is 5.06. The summed E-state index contributed by atoms with van der Waals surface area (Å²) in [5, 5.41) is 13.4. The lowest BCUT2D eigenvalue weighted by atomic mass is 9.66. The number of amides is 2. The van der Waals surface area contributed by atoms with E-state index >= 15 is 0 Å². The average Bonchev–Trinajstić information content (AvgIpc) is 3.31. The largest absolute Gasteiger partial charge is 0.443 e. The first-order chi connectivity index (χ1) is 13.1. The summed E-state index contributed by atoms with van der Waals surface area (Å²) >= 11 is 7.58. The Hall–Kier alpha value is -0.420. The van der Waals surface area contributed by atoms with Crippen LogP contribution in [0.25, 0.3) is 0 Å². The van der Waals surface area contributed by atoms with Gasteiger partial charge in [0.15, 0.2) is 0 Å². The van der Waals surface area contributed by atoms with Crippen LogP contribution in [0, 0.1) is 5.92 Å². The van der Waals surface area contributed by atoms with Gasteiger partial charge < -0.3 is 19.3 Å². The molecule has 1 aliphatic carbocycles. The van der Waals surface area contributed by atoms with E-state index in [4.69, 9.17) is 25.8 Å². The summed E-state index contributed by atoms with van der Waals surface area (Å²) in [6, 6.07) is 0. The Morgan fingerprint density at radius 2 is 2.11 bits per heavy atom. The molecule has 0 spiro atoms. The van der Waals surface area contributed by atoms with Crippen molar-refractivity contribution in [2.24, 2.45) is 5.92 Å². The zero-order valence-electron chi connectivity index (χ0n) is 16.7. The van der Waals surface area contributed by atoms with Crippen molar-refractivity contribution in [3.63, 3.8) is 0 Å². The van der Waals surface area contributed by atoms with Crippen molar-refractivity contribution in [2.75, 3.05) is 17.4 Å². The predicted octanol–water partition coefficient (Wildman–Crippen LogP) is 2.95. The number of methoxy groups -OCH3 is 1. The van der Waals surface area contributed by atoms with E-state index in [1.807, 2.05) is 20.8 Å². The molecule has 160 valence electrons. The first-order valence-corrected chi connectivity index (χ1v) is 11.4. The Kier molecular flexibility index (Phi) is 8.17. The van der Waals surface area contributed by atoms with E-state index in [-0.39, 0.29) is 17.9 Å². The predicted molar refractivity (Wildman–Crippen MR) is 114 cm³/mol. The van der Waals surface area contributed by atoms with E-state index in [1.54, 1.807) is 0 Å². The Bertz CT molecular complexity index is 628. The van der Waals surface area contributed by atoms with Gasteiger partial charge in [0.25, 0.3) is 0 Å². The van der Waals surface area contributed by atoms with Crippen molar-refractivity contribution in [3.8, 4) is 0 Å². The average molecular weight is 530 g/mol. The first kappa shape index (κ1) is 23.9. The van der Waals surface area contributed by atoms with E-state index in [0.717, 1.165) is 6.42 Å². The second-order valence-electron chi connectivity index (χ2n) is 7.89. The summed E-state index contributed by atoms with van der Waals surface area (Å²) in [7, 11) is 1.53. The number of aliphatic hydroxyl groups is 1. The van der Waals surface area contributed by atoms with Gasteiger partial charge in [-0.3, -0.25) is 10.1 Å². The third-order valence-corrected chi connectivity index (χ3v) is 7.16. The summed E-state index contributed by atoms with van der Waals surface area (Å²) in [4.78, 5) is 23.3. The van der Waals surface area contributed by atoms with Gasteiger partial charge in [0.1, 0.15) is 23.7 Å². The fraction of sp³-hybridized carbons (Fsp3) is 0.789. The molecule has 0 aromatic heterocycles. The number of alkyl halides is 2. The van der Waals surface area contributed by atoms with E-state index in [1.165, 1.54) is 12.7 Å². The number of allylic oxidation sites excluding steroid dienone is 1. The van der Waals surface area contributed by atoms with E-state index in [9.17, 15) is 14.7 Å². The lowest BCUT2D eigenvalue weighted by Gasteiger charge is -2.48. The summed E-state index contributed by atoms with van der Waals surface area (Å²) in [5.41, 5.74) is -0.384. The number of halogens is 2. The van der Waals surface area contributed by atoms with Crippen molar-refractivity contribution >= 4 is 46.2 Å². The van der Waals surface area contributed by atoms with Gasteiger partial charge >= 0.3 is 6.09 Å². The minimum atomic E-state index is -1.00. The molecule has 2 amide bonds. The Morgan fingerprint density at radius 1 is 1.43 bits per heavy atom. The molecule has 9 heteroatoms. The molecule has 6 unspecified atom stereocenters. The highest BCUT2D eigenvalue weighted by Crippen LogP contribution is 2.55. The molecule has 0 radical (unpaired) electrons. The van der Waals surface area contributed by atoms with Crippen LogP contribution in [0.1, 0.15) is 40.0 Å². The van der Waals surface area contributed by atoms with Gasteiger partial charge in [-0.15, -0.1) is 11.6 Å². The normalized spacial score (nSPS) is 37.1. The van der Waals surface area contributed by atoms with Crippen LogP contribution in [-0.4, -0.2) is 64.0 Å². The van der Waals surface area contributed by atoms with Crippen LogP contribution in [0.3, 0.4) is 0 Å². The summed E-state index contributed by atoms with van der Waals surface area (Å²) in [6.45, 7) is 6.04. The maximum absolute atomic E-state index is 12.0. The highest BCUT2D eigenvalue weighted by molar-refractivity contribution is 14.1. The maximum atomic E-state index is 12.0. The molecule has 1 heterocycles. The van der Waals surface area contributed by atoms with Crippen molar-refractivity contribution in [3.05, 3.63) is 11.6 Å². The van der Waals surface area contributed by atoms with Crippen LogP contribution in [-0.2, 0) is 19.0 Å². The van der Waals surface area contributed by atoms with Crippen LogP contribution in [0.2, 0.25) is 0 Å². The highest BCUT2D eigenvalue weighted by Gasteiger charge is 2.67. The van der Waals surface area contributed by atoms with Gasteiger partial charge in [-0.25, -0.2) is 4.79 Å². The standard InChI is InChI=1S/C19H29ClINO6/c1-11(2)5-6-13-18(3,28-13)16-15(26-4)12(7-8-19(16,25)10-21)27-17(24)22-14(23)9-20/h5,12-13,15-16,25H,6-10H2,1-4H3,(H,22,23,24). The number of ether oxygens (including phenoxy) is 3. The number of nitrogens with one attached hydrogen (secondary N) is 1. The third-order valence-electron chi connectivity index (χ3n) is 5.60. The molecule has 0 bridgehead atoms. The first-order valence-electron chi connectivity index (χ1n) is 9.30. The molecule has 2 aliphatic rings. The fourth-order valence-electron chi connectivity index (χ4n) is 4.14. The molecule has 6 atom stereocenters.